The van der Waals surface area contributed by atoms with E-state index < -0.39 is 22.2 Å². The van der Waals surface area contributed by atoms with E-state index in [9.17, 15) is 13.5 Å². The highest BCUT2D eigenvalue weighted by atomic mass is 32.2. The predicted octanol–water partition coefficient (Wildman–Crippen LogP) is -0.0720. The molecule has 0 aliphatic rings. The highest BCUT2D eigenvalue weighted by Crippen LogP contribution is 2.08. The summed E-state index contributed by atoms with van der Waals surface area (Å²) in [4.78, 5) is 0. The zero-order valence-electron chi connectivity index (χ0n) is 11.4. The van der Waals surface area contributed by atoms with Crippen LogP contribution < -0.4 is 9.44 Å². The van der Waals surface area contributed by atoms with Crippen molar-refractivity contribution in [1.29, 1.82) is 0 Å². The standard InChI is InChI=1S/C10H24N2O5S/c1-5-16-8-6-7-11-18(14,15)12-9(13)17-10(2,3)4/h9,11-13H,5-8H2,1-4H3. The van der Waals surface area contributed by atoms with Gasteiger partial charge in [-0.2, -0.15) is 13.1 Å². The van der Waals surface area contributed by atoms with Crippen molar-refractivity contribution in [1.82, 2.24) is 9.44 Å². The van der Waals surface area contributed by atoms with Crippen LogP contribution in [0.5, 0.6) is 0 Å². The van der Waals surface area contributed by atoms with E-state index in [-0.39, 0.29) is 6.54 Å². The quantitative estimate of drug-likeness (QED) is 0.407. The minimum atomic E-state index is -3.77. The first-order valence-corrected chi connectivity index (χ1v) is 7.35. The Labute approximate surface area is 109 Å². The molecule has 0 aromatic carbocycles. The summed E-state index contributed by atoms with van der Waals surface area (Å²) in [6.45, 7) is 8.31. The van der Waals surface area contributed by atoms with E-state index in [1.54, 1.807) is 20.8 Å². The Kier molecular flexibility index (Phi) is 7.92. The molecule has 0 aromatic heterocycles. The summed E-state index contributed by atoms with van der Waals surface area (Å²) >= 11 is 0. The van der Waals surface area contributed by atoms with Gasteiger partial charge in [-0.1, -0.05) is 0 Å². The molecule has 1 unspecified atom stereocenters. The third kappa shape index (κ3) is 10.9. The van der Waals surface area contributed by atoms with Gasteiger partial charge in [0.25, 0.3) is 10.2 Å². The lowest BCUT2D eigenvalue weighted by Crippen LogP contribution is -2.46. The zero-order valence-corrected chi connectivity index (χ0v) is 12.2. The Balaban J connectivity index is 3.93. The molecule has 7 nitrogen and oxygen atoms in total. The lowest BCUT2D eigenvalue weighted by Gasteiger charge is -2.24. The summed E-state index contributed by atoms with van der Waals surface area (Å²) in [5.41, 5.74) is -0.642. The Morgan fingerprint density at radius 2 is 1.94 bits per heavy atom. The Hall–Kier alpha value is -0.250. The molecule has 0 amide bonds. The van der Waals surface area contributed by atoms with Crippen molar-refractivity contribution < 1.29 is 23.0 Å². The smallest absolute Gasteiger partial charge is 0.280 e. The molecule has 0 radical (unpaired) electrons. The molecule has 0 aliphatic heterocycles. The molecule has 0 aliphatic carbocycles. The number of aliphatic hydroxyl groups is 1. The third-order valence-corrected chi connectivity index (χ3v) is 2.78. The van der Waals surface area contributed by atoms with Crippen molar-refractivity contribution in [3.63, 3.8) is 0 Å². The highest BCUT2D eigenvalue weighted by molar-refractivity contribution is 7.87. The Morgan fingerprint density at radius 1 is 1.33 bits per heavy atom. The fourth-order valence-corrected chi connectivity index (χ4v) is 1.87. The number of rotatable bonds is 9. The van der Waals surface area contributed by atoms with Crippen molar-refractivity contribution >= 4 is 10.2 Å². The van der Waals surface area contributed by atoms with Crippen LogP contribution in [0.2, 0.25) is 0 Å². The summed E-state index contributed by atoms with van der Waals surface area (Å²) in [5, 5.41) is 9.38. The molecule has 8 heteroatoms. The summed E-state index contributed by atoms with van der Waals surface area (Å²) in [5.74, 6) is 0. The molecule has 0 heterocycles. The minimum Gasteiger partial charge on any atom is -0.382 e. The average Bonchev–Trinajstić information content (AvgIpc) is 2.12. The average molecular weight is 284 g/mol. The first kappa shape index (κ1) is 17.8. The van der Waals surface area contributed by atoms with Crippen LogP contribution in [-0.4, -0.2) is 45.3 Å². The second-order valence-electron chi connectivity index (χ2n) is 4.65. The van der Waals surface area contributed by atoms with Gasteiger partial charge in [0.05, 0.1) is 5.60 Å². The van der Waals surface area contributed by atoms with E-state index in [2.05, 4.69) is 4.72 Å². The van der Waals surface area contributed by atoms with Gasteiger partial charge in [-0.3, -0.25) is 0 Å². The topological polar surface area (TPSA) is 96.9 Å². The molecule has 0 fully saturated rings. The van der Waals surface area contributed by atoms with Crippen LogP contribution in [-0.2, 0) is 19.7 Å². The van der Waals surface area contributed by atoms with Gasteiger partial charge in [0, 0.05) is 19.8 Å². The lowest BCUT2D eigenvalue weighted by atomic mass is 10.2. The number of nitrogens with one attached hydrogen (secondary N) is 2. The maximum absolute atomic E-state index is 11.5. The maximum atomic E-state index is 11.5. The molecule has 0 bridgehead atoms. The van der Waals surface area contributed by atoms with Crippen LogP contribution in [0.3, 0.4) is 0 Å². The van der Waals surface area contributed by atoms with E-state index in [1.165, 1.54) is 0 Å². The normalized spacial score (nSPS) is 14.7. The van der Waals surface area contributed by atoms with Crippen LogP contribution in [0.4, 0.5) is 0 Å². The monoisotopic (exact) mass is 284 g/mol. The minimum absolute atomic E-state index is 0.234. The van der Waals surface area contributed by atoms with E-state index in [0.717, 1.165) is 0 Å². The van der Waals surface area contributed by atoms with Crippen molar-refractivity contribution in [2.75, 3.05) is 19.8 Å². The molecular formula is C10H24N2O5S. The fourth-order valence-electron chi connectivity index (χ4n) is 1.06. The summed E-state index contributed by atoms with van der Waals surface area (Å²) in [6, 6.07) is 0. The molecule has 18 heavy (non-hydrogen) atoms. The molecule has 0 spiro atoms. The molecule has 1 atom stereocenters. The molecule has 0 saturated carbocycles. The van der Waals surface area contributed by atoms with E-state index >= 15 is 0 Å². The van der Waals surface area contributed by atoms with Crippen molar-refractivity contribution in [2.45, 2.75) is 46.1 Å². The lowest BCUT2D eigenvalue weighted by molar-refractivity contribution is -0.170. The molecular weight excluding hydrogens is 260 g/mol. The summed E-state index contributed by atoms with van der Waals surface area (Å²) in [7, 11) is -3.77. The number of ether oxygens (including phenoxy) is 2. The molecule has 0 rings (SSSR count). The number of hydrogen-bond acceptors (Lipinski definition) is 5. The molecule has 3 N–H and O–H groups in total. The third-order valence-electron chi connectivity index (χ3n) is 1.68. The van der Waals surface area contributed by atoms with Gasteiger partial charge in [-0.15, -0.1) is 0 Å². The van der Waals surface area contributed by atoms with Gasteiger partial charge in [0.1, 0.15) is 0 Å². The van der Waals surface area contributed by atoms with Crippen LogP contribution in [0.1, 0.15) is 34.1 Å². The molecule has 0 saturated heterocycles. The van der Waals surface area contributed by atoms with Crippen molar-refractivity contribution in [2.24, 2.45) is 0 Å². The van der Waals surface area contributed by atoms with Crippen LogP contribution in [0.25, 0.3) is 0 Å². The van der Waals surface area contributed by atoms with Crippen molar-refractivity contribution in [3.05, 3.63) is 0 Å². The summed E-state index contributed by atoms with van der Waals surface area (Å²) in [6.07, 6.45) is -1.01. The summed E-state index contributed by atoms with van der Waals surface area (Å²) < 4.78 is 37.2. The SMILES string of the molecule is CCOCCCNS(=O)(=O)NC(O)OC(C)(C)C. The van der Waals surface area contributed by atoms with E-state index in [4.69, 9.17) is 9.47 Å². The second-order valence-corrected chi connectivity index (χ2v) is 6.18. The van der Waals surface area contributed by atoms with Gasteiger partial charge >= 0.3 is 0 Å². The molecule has 0 aromatic rings. The predicted molar refractivity (Wildman–Crippen MR) is 68.0 cm³/mol. The largest absolute Gasteiger partial charge is 0.382 e. The highest BCUT2D eigenvalue weighted by Gasteiger charge is 2.21. The van der Waals surface area contributed by atoms with E-state index in [1.807, 2.05) is 11.6 Å². The van der Waals surface area contributed by atoms with Gasteiger partial charge in [-0.05, 0) is 34.1 Å². The van der Waals surface area contributed by atoms with Crippen LogP contribution in [0, 0.1) is 0 Å². The van der Waals surface area contributed by atoms with Crippen LogP contribution in [0.15, 0.2) is 0 Å². The van der Waals surface area contributed by atoms with Gasteiger partial charge in [0.2, 0.25) is 6.41 Å². The number of hydrogen-bond donors (Lipinski definition) is 3. The van der Waals surface area contributed by atoms with E-state index in [0.29, 0.717) is 19.6 Å². The Morgan fingerprint density at radius 3 is 2.44 bits per heavy atom. The van der Waals surface area contributed by atoms with Gasteiger partial charge in [0.15, 0.2) is 0 Å². The maximum Gasteiger partial charge on any atom is 0.280 e. The number of aliphatic hydroxyl groups excluding tert-OH is 1. The van der Waals surface area contributed by atoms with Crippen LogP contribution >= 0.6 is 0 Å². The second kappa shape index (κ2) is 8.03. The molecule has 110 valence electrons. The zero-order chi connectivity index (χ0) is 14.2. The first-order valence-electron chi connectivity index (χ1n) is 5.87. The Bertz CT molecular complexity index is 313. The first-order chi connectivity index (χ1) is 8.16. The van der Waals surface area contributed by atoms with Gasteiger partial charge < -0.3 is 14.6 Å². The fraction of sp³-hybridized carbons (Fsp3) is 1.00. The van der Waals surface area contributed by atoms with Crippen molar-refractivity contribution in [3.8, 4) is 0 Å². The van der Waals surface area contributed by atoms with Gasteiger partial charge in [-0.25, -0.2) is 4.72 Å².